The Morgan fingerprint density at radius 2 is 0.776 bits per heavy atom. The lowest BCUT2D eigenvalue weighted by atomic mass is 10.0. The zero-order valence-corrected chi connectivity index (χ0v) is 26.6. The summed E-state index contributed by atoms with van der Waals surface area (Å²) in [6.45, 7) is 0. The standard InChI is InChI=1S/C46H29N3/c1-2-14-31(15-3-1)48-43-28-27-38-37-21-8-11-24-42(37)49(46(38)44(43)39-26-25-30-13-4-5-18-34(30)45(39)48)33-17-12-16-32(29-33)47-40-22-9-6-19-35(40)36-20-7-10-23-41(36)47/h1-29H. The molecule has 0 bridgehead atoms. The number of fused-ring (bicyclic) bond motifs is 12. The van der Waals surface area contributed by atoms with Crippen LogP contribution >= 0.6 is 0 Å². The Morgan fingerprint density at radius 3 is 1.49 bits per heavy atom. The second-order valence-corrected chi connectivity index (χ2v) is 13.0. The molecule has 49 heavy (non-hydrogen) atoms. The molecule has 0 N–H and O–H groups in total. The predicted octanol–water partition coefficient (Wildman–Crippen LogP) is 12.1. The Labute approximate surface area is 282 Å². The van der Waals surface area contributed by atoms with Gasteiger partial charge in [0.1, 0.15) is 0 Å². The zero-order valence-electron chi connectivity index (χ0n) is 26.6. The van der Waals surface area contributed by atoms with Crippen LogP contribution in [0.4, 0.5) is 0 Å². The van der Waals surface area contributed by atoms with Crippen LogP contribution in [0.15, 0.2) is 176 Å². The van der Waals surface area contributed by atoms with Gasteiger partial charge in [0.15, 0.2) is 0 Å². The van der Waals surface area contributed by atoms with Gasteiger partial charge in [-0.3, -0.25) is 0 Å². The maximum absolute atomic E-state index is 2.49. The summed E-state index contributed by atoms with van der Waals surface area (Å²) < 4.78 is 7.36. The van der Waals surface area contributed by atoms with E-state index in [4.69, 9.17) is 0 Å². The van der Waals surface area contributed by atoms with E-state index >= 15 is 0 Å². The maximum Gasteiger partial charge on any atom is 0.0641 e. The quantitative estimate of drug-likeness (QED) is 0.186. The summed E-state index contributed by atoms with van der Waals surface area (Å²) in [6, 6.07) is 64.2. The molecule has 0 aliphatic heterocycles. The van der Waals surface area contributed by atoms with E-state index in [-0.39, 0.29) is 0 Å². The summed E-state index contributed by atoms with van der Waals surface area (Å²) in [5.41, 5.74) is 10.7. The van der Waals surface area contributed by atoms with E-state index < -0.39 is 0 Å². The average Bonchev–Trinajstić information content (AvgIpc) is 3.81. The number of nitrogens with zero attached hydrogens (tertiary/aromatic N) is 3. The monoisotopic (exact) mass is 623 g/mol. The fourth-order valence-corrected chi connectivity index (χ4v) is 8.40. The van der Waals surface area contributed by atoms with Gasteiger partial charge in [0.2, 0.25) is 0 Å². The van der Waals surface area contributed by atoms with Gasteiger partial charge >= 0.3 is 0 Å². The third kappa shape index (κ3) is 3.62. The minimum atomic E-state index is 1.14. The number of hydrogen-bond donors (Lipinski definition) is 0. The molecule has 0 radical (unpaired) electrons. The van der Waals surface area contributed by atoms with E-state index in [1.807, 2.05) is 0 Å². The van der Waals surface area contributed by atoms with Crippen molar-refractivity contribution in [2.45, 2.75) is 0 Å². The van der Waals surface area contributed by atoms with Crippen LogP contribution in [0.2, 0.25) is 0 Å². The van der Waals surface area contributed by atoms with Crippen molar-refractivity contribution in [1.29, 1.82) is 0 Å². The van der Waals surface area contributed by atoms with Gasteiger partial charge < -0.3 is 13.7 Å². The molecule has 0 fully saturated rings. The Morgan fingerprint density at radius 1 is 0.265 bits per heavy atom. The van der Waals surface area contributed by atoms with Crippen molar-refractivity contribution in [2.24, 2.45) is 0 Å². The average molecular weight is 624 g/mol. The van der Waals surface area contributed by atoms with Crippen LogP contribution < -0.4 is 0 Å². The van der Waals surface area contributed by atoms with E-state index in [2.05, 4.69) is 190 Å². The predicted molar refractivity (Wildman–Crippen MR) is 207 cm³/mol. The van der Waals surface area contributed by atoms with E-state index in [1.165, 1.54) is 76.2 Å². The normalized spacial score (nSPS) is 12.1. The van der Waals surface area contributed by atoms with Gasteiger partial charge in [-0.25, -0.2) is 0 Å². The second kappa shape index (κ2) is 9.96. The summed E-state index contributed by atoms with van der Waals surface area (Å²) in [6.07, 6.45) is 0. The molecule has 0 unspecified atom stereocenters. The lowest BCUT2D eigenvalue weighted by Crippen LogP contribution is -1.99. The third-order valence-corrected chi connectivity index (χ3v) is 10.4. The molecular formula is C46H29N3. The van der Waals surface area contributed by atoms with Crippen LogP contribution in [0.5, 0.6) is 0 Å². The molecule has 11 aromatic rings. The van der Waals surface area contributed by atoms with Crippen molar-refractivity contribution in [3.05, 3.63) is 176 Å². The Kier molecular flexibility index (Phi) is 5.38. The highest BCUT2D eigenvalue weighted by molar-refractivity contribution is 6.29. The second-order valence-electron chi connectivity index (χ2n) is 13.0. The highest BCUT2D eigenvalue weighted by atomic mass is 15.0. The molecule has 0 saturated heterocycles. The fraction of sp³-hybridized carbons (Fsp3) is 0. The number of hydrogen-bond acceptors (Lipinski definition) is 0. The third-order valence-electron chi connectivity index (χ3n) is 10.4. The van der Waals surface area contributed by atoms with Gasteiger partial charge in [-0.1, -0.05) is 121 Å². The lowest BCUT2D eigenvalue weighted by molar-refractivity contribution is 1.14. The van der Waals surface area contributed by atoms with Crippen molar-refractivity contribution in [1.82, 2.24) is 13.7 Å². The van der Waals surface area contributed by atoms with Gasteiger partial charge in [0.25, 0.3) is 0 Å². The molecule has 0 amide bonds. The lowest BCUT2D eigenvalue weighted by Gasteiger charge is -2.13. The molecule has 3 nitrogen and oxygen atoms in total. The summed E-state index contributed by atoms with van der Waals surface area (Å²) in [5, 5.41) is 10.1. The maximum atomic E-state index is 2.49. The molecule has 0 aliphatic rings. The number of para-hydroxylation sites is 4. The molecular weight excluding hydrogens is 595 g/mol. The molecule has 228 valence electrons. The molecule has 0 saturated carbocycles. The SMILES string of the molecule is c1ccc(-n2c3ccc4c5ccccc5n(-c5cccc(-n6c7ccccc7c7ccccc76)c5)c4c3c3ccc4ccccc4c32)cc1. The van der Waals surface area contributed by atoms with E-state index in [1.54, 1.807) is 0 Å². The Bertz CT molecular complexity index is 3050. The molecule has 0 spiro atoms. The first-order valence-electron chi connectivity index (χ1n) is 16.9. The Balaban J connectivity index is 1.30. The molecule has 3 aromatic heterocycles. The van der Waals surface area contributed by atoms with E-state index in [0.29, 0.717) is 0 Å². The van der Waals surface area contributed by atoms with Gasteiger partial charge in [0, 0.05) is 54.8 Å². The minimum absolute atomic E-state index is 1.14. The number of rotatable bonds is 3. The first-order valence-corrected chi connectivity index (χ1v) is 16.9. The highest BCUT2D eigenvalue weighted by Crippen LogP contribution is 2.44. The summed E-state index contributed by atoms with van der Waals surface area (Å²) in [7, 11) is 0. The summed E-state index contributed by atoms with van der Waals surface area (Å²) in [5.74, 6) is 0. The van der Waals surface area contributed by atoms with Crippen molar-refractivity contribution in [2.75, 3.05) is 0 Å². The van der Waals surface area contributed by atoms with Crippen LogP contribution in [0.1, 0.15) is 0 Å². The molecule has 11 rings (SSSR count). The summed E-state index contributed by atoms with van der Waals surface area (Å²) in [4.78, 5) is 0. The first kappa shape index (κ1) is 26.5. The Hall–Kier alpha value is -6.58. The fourth-order valence-electron chi connectivity index (χ4n) is 8.40. The van der Waals surface area contributed by atoms with Crippen molar-refractivity contribution >= 4 is 76.2 Å². The largest absolute Gasteiger partial charge is 0.309 e. The first-order chi connectivity index (χ1) is 24.3. The molecule has 0 aliphatic carbocycles. The number of benzene rings is 8. The van der Waals surface area contributed by atoms with E-state index in [0.717, 1.165) is 17.1 Å². The van der Waals surface area contributed by atoms with Gasteiger partial charge in [0.05, 0.1) is 33.1 Å². The number of aromatic nitrogens is 3. The smallest absolute Gasteiger partial charge is 0.0641 e. The van der Waals surface area contributed by atoms with E-state index in [9.17, 15) is 0 Å². The van der Waals surface area contributed by atoms with Crippen LogP contribution in [0.25, 0.3) is 93.3 Å². The highest BCUT2D eigenvalue weighted by Gasteiger charge is 2.22. The van der Waals surface area contributed by atoms with Crippen LogP contribution in [-0.2, 0) is 0 Å². The molecule has 0 atom stereocenters. The van der Waals surface area contributed by atoms with Crippen molar-refractivity contribution < 1.29 is 0 Å². The summed E-state index contributed by atoms with van der Waals surface area (Å²) >= 11 is 0. The zero-order chi connectivity index (χ0) is 32.1. The van der Waals surface area contributed by atoms with Crippen LogP contribution in [-0.4, -0.2) is 13.7 Å². The van der Waals surface area contributed by atoms with Gasteiger partial charge in [-0.2, -0.15) is 0 Å². The molecule has 3 heterocycles. The molecule has 8 aromatic carbocycles. The van der Waals surface area contributed by atoms with Crippen LogP contribution in [0.3, 0.4) is 0 Å². The van der Waals surface area contributed by atoms with Crippen molar-refractivity contribution in [3.8, 4) is 17.1 Å². The topological polar surface area (TPSA) is 14.8 Å². The molecule has 3 heteroatoms. The minimum Gasteiger partial charge on any atom is -0.309 e. The van der Waals surface area contributed by atoms with Crippen LogP contribution in [0, 0.1) is 0 Å². The van der Waals surface area contributed by atoms with Gasteiger partial charge in [-0.15, -0.1) is 0 Å². The van der Waals surface area contributed by atoms with Crippen molar-refractivity contribution in [3.63, 3.8) is 0 Å². The van der Waals surface area contributed by atoms with Gasteiger partial charge in [-0.05, 0) is 60.0 Å².